The Hall–Kier alpha value is -2.89. The molecule has 1 aliphatic rings. The largest absolute Gasteiger partial charge is 0.481 e. The summed E-state index contributed by atoms with van der Waals surface area (Å²) in [6, 6.07) is 13.8. The number of para-hydroxylation sites is 2. The van der Waals surface area contributed by atoms with Crippen LogP contribution >= 0.6 is 0 Å². The monoisotopic (exact) mass is 307 g/mol. The number of nitrogens with zero attached hydrogens (tertiary/aromatic N) is 4. The molecule has 6 heteroatoms. The summed E-state index contributed by atoms with van der Waals surface area (Å²) in [4.78, 5) is 4.50. The van der Waals surface area contributed by atoms with Crippen LogP contribution in [0.15, 0.2) is 42.5 Å². The molecule has 6 nitrogen and oxygen atoms in total. The number of hydrogen-bond acceptors (Lipinski definition) is 5. The van der Waals surface area contributed by atoms with Crippen molar-refractivity contribution in [2.75, 3.05) is 19.0 Å². The Kier molecular flexibility index (Phi) is 3.22. The van der Waals surface area contributed by atoms with E-state index in [2.05, 4.69) is 44.1 Å². The number of rotatable bonds is 2. The second-order valence-corrected chi connectivity index (χ2v) is 5.58. The van der Waals surface area contributed by atoms with E-state index in [1.54, 1.807) is 7.11 Å². The van der Waals surface area contributed by atoms with Crippen LogP contribution < -0.4 is 10.1 Å². The van der Waals surface area contributed by atoms with E-state index in [-0.39, 0.29) is 5.92 Å². The van der Waals surface area contributed by atoms with Crippen LogP contribution in [0.5, 0.6) is 5.88 Å². The fourth-order valence-electron chi connectivity index (χ4n) is 2.84. The highest BCUT2D eigenvalue weighted by Crippen LogP contribution is 2.32. The molecule has 3 heterocycles. The van der Waals surface area contributed by atoms with Gasteiger partial charge in [-0.2, -0.15) is 0 Å². The minimum Gasteiger partial charge on any atom is -0.481 e. The van der Waals surface area contributed by atoms with Crippen molar-refractivity contribution in [1.82, 2.24) is 19.7 Å². The summed E-state index contributed by atoms with van der Waals surface area (Å²) in [5.74, 6) is 2.46. The van der Waals surface area contributed by atoms with Crippen LogP contribution in [0.2, 0.25) is 0 Å². The molecule has 1 N–H and O–H groups in total. The fourth-order valence-corrected chi connectivity index (χ4v) is 2.84. The van der Waals surface area contributed by atoms with Crippen molar-refractivity contribution in [2.45, 2.75) is 12.8 Å². The molecule has 0 radical (unpaired) electrons. The second kappa shape index (κ2) is 5.39. The van der Waals surface area contributed by atoms with Gasteiger partial charge >= 0.3 is 0 Å². The van der Waals surface area contributed by atoms with Gasteiger partial charge in [-0.25, -0.2) is 4.98 Å². The molecule has 1 atom stereocenters. The highest BCUT2D eigenvalue weighted by molar-refractivity contribution is 5.67. The average Bonchev–Trinajstić information content (AvgIpc) is 2.99. The molecule has 1 aromatic carbocycles. The highest BCUT2D eigenvalue weighted by atomic mass is 16.5. The van der Waals surface area contributed by atoms with Crippen molar-refractivity contribution in [3.8, 4) is 23.1 Å². The Morgan fingerprint density at radius 1 is 1.13 bits per heavy atom. The van der Waals surface area contributed by atoms with Crippen molar-refractivity contribution in [1.29, 1.82) is 0 Å². The number of anilines is 1. The Morgan fingerprint density at radius 2 is 2.00 bits per heavy atom. The van der Waals surface area contributed by atoms with Gasteiger partial charge in [0.25, 0.3) is 0 Å². The SMILES string of the molecule is COc1cccc(-c2nnc3n2-c2ccccc2NCC3C)n1. The molecule has 0 saturated heterocycles. The Bertz CT molecular complexity index is 858. The van der Waals surface area contributed by atoms with E-state index in [9.17, 15) is 0 Å². The summed E-state index contributed by atoms with van der Waals surface area (Å²) in [5, 5.41) is 12.3. The first-order chi connectivity index (χ1) is 11.3. The van der Waals surface area contributed by atoms with Gasteiger partial charge in [-0.1, -0.05) is 25.1 Å². The smallest absolute Gasteiger partial charge is 0.213 e. The molecule has 0 spiro atoms. The van der Waals surface area contributed by atoms with E-state index in [1.165, 1.54) is 0 Å². The molecule has 0 saturated carbocycles. The molecule has 1 unspecified atom stereocenters. The molecule has 0 amide bonds. The number of benzene rings is 1. The van der Waals surface area contributed by atoms with E-state index < -0.39 is 0 Å². The molecule has 1 aliphatic heterocycles. The highest BCUT2D eigenvalue weighted by Gasteiger charge is 2.25. The van der Waals surface area contributed by atoms with E-state index in [1.807, 2.05) is 30.3 Å². The third kappa shape index (κ3) is 2.23. The number of fused-ring (bicyclic) bond motifs is 3. The number of hydrogen-bond donors (Lipinski definition) is 1. The lowest BCUT2D eigenvalue weighted by Gasteiger charge is -2.11. The fraction of sp³-hybridized carbons (Fsp3) is 0.235. The van der Waals surface area contributed by atoms with Gasteiger partial charge in [0.05, 0.1) is 18.5 Å². The molecular formula is C17H17N5O. The first-order valence-corrected chi connectivity index (χ1v) is 7.58. The van der Waals surface area contributed by atoms with Gasteiger partial charge in [0.15, 0.2) is 5.82 Å². The topological polar surface area (TPSA) is 64.9 Å². The van der Waals surface area contributed by atoms with Crippen molar-refractivity contribution in [2.24, 2.45) is 0 Å². The molecule has 116 valence electrons. The standard InChI is InChI=1S/C17H17N5O/c1-11-10-18-12-6-3-4-8-14(12)22-16(11)20-21-17(22)13-7-5-9-15(19-13)23-2/h3-9,11,18H,10H2,1-2H3. The summed E-state index contributed by atoms with van der Waals surface area (Å²) in [7, 11) is 1.61. The van der Waals surface area contributed by atoms with Crippen molar-refractivity contribution >= 4 is 5.69 Å². The molecular weight excluding hydrogens is 290 g/mol. The van der Waals surface area contributed by atoms with Crippen molar-refractivity contribution < 1.29 is 4.74 Å². The number of aromatic nitrogens is 4. The summed E-state index contributed by atoms with van der Waals surface area (Å²) in [6.45, 7) is 2.96. The Labute approximate surface area is 134 Å². The number of methoxy groups -OCH3 is 1. The molecule has 0 aliphatic carbocycles. The van der Waals surface area contributed by atoms with E-state index in [4.69, 9.17) is 4.74 Å². The van der Waals surface area contributed by atoms with E-state index >= 15 is 0 Å². The second-order valence-electron chi connectivity index (χ2n) is 5.58. The van der Waals surface area contributed by atoms with E-state index in [0.717, 1.165) is 35.3 Å². The first-order valence-electron chi connectivity index (χ1n) is 7.58. The molecule has 23 heavy (non-hydrogen) atoms. The minimum atomic E-state index is 0.245. The average molecular weight is 307 g/mol. The maximum atomic E-state index is 5.23. The van der Waals surface area contributed by atoms with Gasteiger partial charge in [-0.05, 0) is 18.2 Å². The molecule has 2 aromatic heterocycles. The zero-order chi connectivity index (χ0) is 15.8. The zero-order valence-corrected chi connectivity index (χ0v) is 13.0. The predicted molar refractivity (Wildman–Crippen MR) is 88.0 cm³/mol. The van der Waals surface area contributed by atoms with E-state index in [0.29, 0.717) is 5.88 Å². The molecule has 0 bridgehead atoms. The third-order valence-corrected chi connectivity index (χ3v) is 4.03. The van der Waals surface area contributed by atoms with Crippen LogP contribution in [0, 0.1) is 0 Å². The molecule has 3 aromatic rings. The third-order valence-electron chi connectivity index (χ3n) is 4.03. The van der Waals surface area contributed by atoms with Crippen LogP contribution in [0.1, 0.15) is 18.7 Å². The molecule has 0 fully saturated rings. The lowest BCUT2D eigenvalue weighted by Crippen LogP contribution is -2.09. The number of pyridine rings is 1. The zero-order valence-electron chi connectivity index (χ0n) is 13.0. The van der Waals surface area contributed by atoms with Crippen LogP contribution in [-0.4, -0.2) is 33.4 Å². The van der Waals surface area contributed by atoms with Gasteiger partial charge in [0.2, 0.25) is 5.88 Å². The van der Waals surface area contributed by atoms with Crippen molar-refractivity contribution in [3.05, 3.63) is 48.3 Å². The normalized spacial score (nSPS) is 16.0. The van der Waals surface area contributed by atoms with Gasteiger partial charge < -0.3 is 10.1 Å². The van der Waals surface area contributed by atoms with Crippen LogP contribution in [0.4, 0.5) is 5.69 Å². The lowest BCUT2D eigenvalue weighted by atomic mass is 10.1. The summed E-state index contributed by atoms with van der Waals surface area (Å²) in [5.41, 5.74) is 2.85. The van der Waals surface area contributed by atoms with Gasteiger partial charge in [-0.15, -0.1) is 10.2 Å². The van der Waals surface area contributed by atoms with Gasteiger partial charge in [-0.3, -0.25) is 4.57 Å². The van der Waals surface area contributed by atoms with Crippen LogP contribution in [0.3, 0.4) is 0 Å². The van der Waals surface area contributed by atoms with Crippen LogP contribution in [-0.2, 0) is 0 Å². The predicted octanol–water partition coefficient (Wildman–Crippen LogP) is 2.87. The minimum absolute atomic E-state index is 0.245. The number of nitrogens with one attached hydrogen (secondary N) is 1. The summed E-state index contributed by atoms with van der Waals surface area (Å²) in [6.07, 6.45) is 0. The maximum Gasteiger partial charge on any atom is 0.213 e. The maximum absolute atomic E-state index is 5.23. The van der Waals surface area contributed by atoms with Crippen molar-refractivity contribution in [3.63, 3.8) is 0 Å². The quantitative estimate of drug-likeness (QED) is 0.788. The van der Waals surface area contributed by atoms with Crippen LogP contribution in [0.25, 0.3) is 17.2 Å². The Morgan fingerprint density at radius 3 is 2.87 bits per heavy atom. The first kappa shape index (κ1) is 13.8. The number of ether oxygens (including phenoxy) is 1. The molecule has 4 rings (SSSR count). The van der Waals surface area contributed by atoms with Gasteiger partial charge in [0.1, 0.15) is 11.5 Å². The lowest BCUT2D eigenvalue weighted by molar-refractivity contribution is 0.398. The van der Waals surface area contributed by atoms with Gasteiger partial charge in [0, 0.05) is 18.5 Å². The Balaban J connectivity index is 1.96. The summed E-state index contributed by atoms with van der Waals surface area (Å²) >= 11 is 0. The summed E-state index contributed by atoms with van der Waals surface area (Å²) < 4.78 is 7.32.